The predicted octanol–water partition coefficient (Wildman–Crippen LogP) is 1.38. The fourth-order valence-corrected chi connectivity index (χ4v) is 3.48. The summed E-state index contributed by atoms with van der Waals surface area (Å²) in [6.07, 6.45) is 2.52. The van der Waals surface area contributed by atoms with Crippen LogP contribution in [0.4, 0.5) is 5.95 Å². The summed E-state index contributed by atoms with van der Waals surface area (Å²) >= 11 is 6.00. The number of nitrogens with two attached hydrogens (primary N) is 1. The summed E-state index contributed by atoms with van der Waals surface area (Å²) in [6, 6.07) is 0. The molecule has 2 aromatic rings. The highest BCUT2D eigenvalue weighted by Gasteiger charge is 2.55. The molecule has 11 heteroatoms. The highest BCUT2D eigenvalue weighted by molar-refractivity contribution is 7.51. The molecule has 0 aromatic carbocycles. The normalized spacial score (nSPS) is 24.3. The Balaban J connectivity index is 1.88. The van der Waals surface area contributed by atoms with Gasteiger partial charge in [-0.15, -0.1) is 0 Å². The third kappa shape index (κ3) is 3.34. The summed E-state index contributed by atoms with van der Waals surface area (Å²) < 4.78 is 18.4. The quantitative estimate of drug-likeness (QED) is 0.518. The molecular formula is C12H17ClN5O4P. The fourth-order valence-electron chi connectivity index (χ4n) is 2.83. The third-order valence-corrected chi connectivity index (χ3v) is 4.79. The number of aromatic nitrogens is 4. The van der Waals surface area contributed by atoms with Crippen molar-refractivity contribution in [1.29, 1.82) is 0 Å². The Morgan fingerprint density at radius 2 is 2.30 bits per heavy atom. The van der Waals surface area contributed by atoms with Crippen molar-refractivity contribution in [2.75, 3.05) is 12.1 Å². The maximum absolute atomic E-state index is 11.1. The van der Waals surface area contributed by atoms with Crippen LogP contribution in [0.1, 0.15) is 19.8 Å². The van der Waals surface area contributed by atoms with Crippen molar-refractivity contribution in [2.24, 2.45) is 5.92 Å². The molecule has 2 atom stereocenters. The lowest BCUT2D eigenvalue weighted by Gasteiger charge is -2.20. The molecule has 1 aliphatic rings. The molecule has 0 spiro atoms. The van der Waals surface area contributed by atoms with E-state index in [4.69, 9.17) is 31.9 Å². The van der Waals surface area contributed by atoms with Gasteiger partial charge in [-0.25, -0.2) is 4.98 Å². The zero-order chi connectivity index (χ0) is 16.8. The summed E-state index contributed by atoms with van der Waals surface area (Å²) in [5.74, 6) is 0.262. The van der Waals surface area contributed by atoms with E-state index in [-0.39, 0.29) is 17.0 Å². The lowest BCUT2D eigenvalue weighted by atomic mass is 10.2. The topological polar surface area (TPSA) is 136 Å². The second-order valence-electron chi connectivity index (χ2n) is 5.73. The monoisotopic (exact) mass is 361 g/mol. The molecule has 1 aliphatic carbocycles. The van der Waals surface area contributed by atoms with Gasteiger partial charge in [0.05, 0.1) is 18.5 Å². The third-order valence-electron chi connectivity index (χ3n) is 4.07. The molecule has 0 radical (unpaired) electrons. The largest absolute Gasteiger partial charge is 0.368 e. The molecule has 2 unspecified atom stereocenters. The fraction of sp³-hybridized carbons (Fsp3) is 0.583. The van der Waals surface area contributed by atoms with Crippen molar-refractivity contribution >= 4 is 36.3 Å². The summed E-state index contributed by atoms with van der Waals surface area (Å²) in [5, 5.41) is 0.166. The molecule has 3 rings (SSSR count). The van der Waals surface area contributed by atoms with E-state index in [9.17, 15) is 4.57 Å². The minimum absolute atomic E-state index is 0.0391. The number of rotatable bonds is 6. The Kier molecular flexibility index (Phi) is 4.10. The minimum Gasteiger partial charge on any atom is -0.368 e. The Morgan fingerprint density at radius 1 is 1.57 bits per heavy atom. The molecule has 2 heterocycles. The van der Waals surface area contributed by atoms with E-state index in [0.29, 0.717) is 17.7 Å². The van der Waals surface area contributed by atoms with Crippen LogP contribution in [-0.4, -0.2) is 41.3 Å². The second kappa shape index (κ2) is 5.68. The lowest BCUT2D eigenvalue weighted by molar-refractivity contribution is 0.0281. The number of anilines is 1. The van der Waals surface area contributed by atoms with Gasteiger partial charge in [-0.2, -0.15) is 9.97 Å². The first kappa shape index (κ1) is 16.6. The van der Waals surface area contributed by atoms with Crippen LogP contribution >= 0.6 is 19.2 Å². The van der Waals surface area contributed by atoms with Gasteiger partial charge in [-0.05, 0) is 12.3 Å². The zero-order valence-corrected chi connectivity index (χ0v) is 14.0. The number of nitrogen functional groups attached to an aromatic ring is 1. The lowest BCUT2D eigenvalue weighted by Crippen LogP contribution is -2.25. The van der Waals surface area contributed by atoms with Gasteiger partial charge in [0, 0.05) is 0 Å². The standard InChI is InChI=1S/C12H17ClN5O4P/c1-2-7-3-12(7,22-6-23(19,20)21)4-18-5-15-8-9(13)16-11(14)17-10(8)18/h5,7H,2-4,6H2,1H3,(H2,14,16,17)(H2,19,20,21). The molecule has 0 amide bonds. The smallest absolute Gasteiger partial charge is 0.351 e. The van der Waals surface area contributed by atoms with E-state index in [1.54, 1.807) is 10.9 Å². The molecule has 126 valence electrons. The predicted molar refractivity (Wildman–Crippen MR) is 83.9 cm³/mol. The number of hydrogen-bond acceptors (Lipinski definition) is 6. The van der Waals surface area contributed by atoms with E-state index in [1.807, 2.05) is 6.92 Å². The van der Waals surface area contributed by atoms with Gasteiger partial charge in [-0.1, -0.05) is 24.9 Å². The number of imidazole rings is 1. The molecule has 1 saturated carbocycles. The number of hydrogen-bond donors (Lipinski definition) is 3. The van der Waals surface area contributed by atoms with Crippen LogP contribution in [-0.2, 0) is 15.8 Å². The molecule has 4 N–H and O–H groups in total. The van der Waals surface area contributed by atoms with Gasteiger partial charge in [0.2, 0.25) is 5.95 Å². The molecule has 0 saturated heterocycles. The van der Waals surface area contributed by atoms with E-state index < -0.39 is 19.5 Å². The molecule has 2 aromatic heterocycles. The first-order valence-electron chi connectivity index (χ1n) is 7.06. The van der Waals surface area contributed by atoms with Gasteiger partial charge in [0.25, 0.3) is 0 Å². The van der Waals surface area contributed by atoms with Crippen LogP contribution in [0.15, 0.2) is 6.33 Å². The zero-order valence-electron chi connectivity index (χ0n) is 12.4. The number of nitrogens with zero attached hydrogens (tertiary/aromatic N) is 4. The molecule has 0 bridgehead atoms. The molecule has 23 heavy (non-hydrogen) atoms. The first-order valence-corrected chi connectivity index (χ1v) is 9.24. The molecule has 1 fully saturated rings. The van der Waals surface area contributed by atoms with E-state index >= 15 is 0 Å². The summed E-state index contributed by atoms with van der Waals surface area (Å²) in [4.78, 5) is 30.3. The van der Waals surface area contributed by atoms with Gasteiger partial charge < -0.3 is 24.8 Å². The summed E-state index contributed by atoms with van der Waals surface area (Å²) in [5.41, 5.74) is 5.90. The number of ether oxygens (including phenoxy) is 1. The maximum Gasteiger partial charge on any atom is 0.351 e. The summed E-state index contributed by atoms with van der Waals surface area (Å²) in [7, 11) is -4.23. The van der Waals surface area contributed by atoms with Crippen LogP contribution in [0.25, 0.3) is 11.2 Å². The van der Waals surface area contributed by atoms with Crippen LogP contribution in [0.2, 0.25) is 5.15 Å². The molecular weight excluding hydrogens is 345 g/mol. The van der Waals surface area contributed by atoms with Crippen LogP contribution in [0.3, 0.4) is 0 Å². The molecule has 0 aliphatic heterocycles. The van der Waals surface area contributed by atoms with Crippen LogP contribution in [0.5, 0.6) is 0 Å². The van der Waals surface area contributed by atoms with Crippen molar-refractivity contribution < 1.29 is 19.1 Å². The van der Waals surface area contributed by atoms with E-state index in [2.05, 4.69) is 15.0 Å². The van der Waals surface area contributed by atoms with Crippen molar-refractivity contribution in [3.05, 3.63) is 11.5 Å². The second-order valence-corrected chi connectivity index (χ2v) is 7.68. The van der Waals surface area contributed by atoms with Crippen molar-refractivity contribution in [2.45, 2.75) is 31.9 Å². The van der Waals surface area contributed by atoms with E-state index in [0.717, 1.165) is 12.8 Å². The van der Waals surface area contributed by atoms with Crippen molar-refractivity contribution in [3.63, 3.8) is 0 Å². The number of halogens is 1. The Bertz CT molecular complexity index is 793. The Labute approximate surface area is 137 Å². The average molecular weight is 362 g/mol. The van der Waals surface area contributed by atoms with Crippen molar-refractivity contribution in [1.82, 2.24) is 19.5 Å². The highest BCUT2D eigenvalue weighted by atomic mass is 35.5. The van der Waals surface area contributed by atoms with Crippen LogP contribution in [0, 0.1) is 5.92 Å². The van der Waals surface area contributed by atoms with Crippen molar-refractivity contribution in [3.8, 4) is 0 Å². The Hall–Kier alpha value is -1.25. The Morgan fingerprint density at radius 3 is 2.91 bits per heavy atom. The minimum atomic E-state index is -4.23. The highest BCUT2D eigenvalue weighted by Crippen LogP contribution is 2.52. The van der Waals surface area contributed by atoms with Gasteiger partial charge in [0.15, 0.2) is 10.8 Å². The SMILES string of the molecule is CCC1CC1(Cn1cnc2c(Cl)nc(N)nc21)OCP(=O)(O)O. The first-order chi connectivity index (χ1) is 10.7. The van der Waals surface area contributed by atoms with Gasteiger partial charge in [-0.3, -0.25) is 4.57 Å². The molecule has 9 nitrogen and oxygen atoms in total. The number of fused-ring (bicyclic) bond motifs is 1. The average Bonchev–Trinajstić information content (AvgIpc) is 3.01. The van der Waals surface area contributed by atoms with Crippen LogP contribution < -0.4 is 5.73 Å². The van der Waals surface area contributed by atoms with E-state index in [1.165, 1.54) is 0 Å². The summed E-state index contributed by atoms with van der Waals surface area (Å²) in [6.45, 7) is 2.38. The van der Waals surface area contributed by atoms with Gasteiger partial charge >= 0.3 is 7.60 Å². The maximum atomic E-state index is 11.1. The van der Waals surface area contributed by atoms with Gasteiger partial charge in [0.1, 0.15) is 11.9 Å².